The van der Waals surface area contributed by atoms with Crippen molar-refractivity contribution in [3.05, 3.63) is 29.2 Å². The molecule has 0 spiro atoms. The number of rotatable bonds is 3. The summed E-state index contributed by atoms with van der Waals surface area (Å²) in [7, 11) is -9.38. The fourth-order valence-corrected chi connectivity index (χ4v) is 2.95. The second-order valence-electron chi connectivity index (χ2n) is 3.99. The van der Waals surface area contributed by atoms with Crippen molar-refractivity contribution >= 4 is 66.3 Å². The number of nitroso groups, excluding NO2 is 1. The maximum absolute atomic E-state index is 11.1. The van der Waals surface area contributed by atoms with Gasteiger partial charge >= 0.3 is 29.6 Å². The third-order valence-electron chi connectivity index (χ3n) is 2.69. The van der Waals surface area contributed by atoms with Crippen LogP contribution in [0.4, 0.5) is 5.69 Å². The quantitative estimate of drug-likeness (QED) is 0.413. The second kappa shape index (κ2) is 6.20. The van der Waals surface area contributed by atoms with Crippen molar-refractivity contribution in [2.75, 3.05) is 0 Å². The summed E-state index contributed by atoms with van der Waals surface area (Å²) in [5, 5.41) is 11.8. The van der Waals surface area contributed by atoms with Crippen LogP contribution in [0.3, 0.4) is 0 Å². The Kier molecular flexibility index (Phi) is 5.34. The molecule has 0 amide bonds. The van der Waals surface area contributed by atoms with Crippen LogP contribution in [0.25, 0.3) is 10.8 Å². The number of nitrogens with zero attached hydrogens (tertiary/aromatic N) is 1. The minimum absolute atomic E-state index is 0. The van der Waals surface area contributed by atoms with E-state index in [1.807, 2.05) is 0 Å². The molecule has 0 aromatic heterocycles. The van der Waals surface area contributed by atoms with Crippen molar-refractivity contribution in [1.29, 1.82) is 0 Å². The molecule has 0 atom stereocenters. The molecule has 0 aliphatic heterocycles. The third-order valence-corrected chi connectivity index (χ3v) is 4.41. The predicted molar refractivity (Wildman–Crippen MR) is 77.8 cm³/mol. The molecule has 0 saturated heterocycles. The Morgan fingerprint density at radius 2 is 1.50 bits per heavy atom. The number of phenols is 1. The van der Waals surface area contributed by atoms with Crippen molar-refractivity contribution in [3.8, 4) is 5.75 Å². The predicted octanol–water partition coefficient (Wildman–Crippen LogP) is 0.788. The van der Waals surface area contributed by atoms with Crippen LogP contribution < -0.4 is 0 Å². The van der Waals surface area contributed by atoms with E-state index in [-0.39, 0.29) is 40.3 Å². The van der Waals surface area contributed by atoms with Crippen LogP contribution in [0.5, 0.6) is 5.75 Å². The van der Waals surface area contributed by atoms with E-state index in [1.54, 1.807) is 0 Å². The first-order valence-corrected chi connectivity index (χ1v) is 8.02. The van der Waals surface area contributed by atoms with Gasteiger partial charge in [-0.1, -0.05) is 6.07 Å². The summed E-state index contributed by atoms with van der Waals surface area (Å²) < 4.78 is 62.2. The molecule has 0 radical (unpaired) electrons. The van der Waals surface area contributed by atoms with Gasteiger partial charge in [0.1, 0.15) is 16.3 Å². The Balaban J connectivity index is 0.00000242. The zero-order chi connectivity index (χ0) is 16.0. The van der Waals surface area contributed by atoms with E-state index in [1.165, 1.54) is 0 Å². The third kappa shape index (κ3) is 3.46. The number of phenolic OH excluding ortho intramolecular Hbond substituents is 1. The standard InChI is InChI=1S/C10H7NO8S2.Na.H/c12-8-4-9(21(17,18)19)10(11-13)6-2-1-5(3-7(6)8)20(14,15)16;;/h1-4,12H,(H,14,15,16)(H,17,18,19);;. The van der Waals surface area contributed by atoms with E-state index < -0.39 is 41.5 Å². The van der Waals surface area contributed by atoms with Gasteiger partial charge in [-0.05, 0) is 17.3 Å². The normalized spacial score (nSPS) is 11.9. The van der Waals surface area contributed by atoms with E-state index in [4.69, 9.17) is 9.11 Å². The Morgan fingerprint density at radius 3 is 1.95 bits per heavy atom. The molecule has 0 bridgehead atoms. The Morgan fingerprint density at radius 1 is 0.909 bits per heavy atom. The molecule has 0 unspecified atom stereocenters. The monoisotopic (exact) mass is 357 g/mol. The molecule has 114 valence electrons. The van der Waals surface area contributed by atoms with Gasteiger partial charge in [-0.2, -0.15) is 16.8 Å². The molecule has 22 heavy (non-hydrogen) atoms. The fourth-order valence-electron chi connectivity index (χ4n) is 1.80. The molecule has 12 heteroatoms. The van der Waals surface area contributed by atoms with Gasteiger partial charge in [-0.15, -0.1) is 4.91 Å². The Labute approximate surface area is 146 Å². The summed E-state index contributed by atoms with van der Waals surface area (Å²) in [6, 6.07) is 3.26. The van der Waals surface area contributed by atoms with Crippen molar-refractivity contribution in [1.82, 2.24) is 0 Å². The zero-order valence-corrected chi connectivity index (χ0v) is 11.6. The maximum atomic E-state index is 11.1. The van der Waals surface area contributed by atoms with Gasteiger partial charge in [0, 0.05) is 16.8 Å². The van der Waals surface area contributed by atoms with Gasteiger partial charge in [0.25, 0.3) is 20.2 Å². The number of hydrogen-bond acceptors (Lipinski definition) is 7. The molecular weight excluding hydrogens is 349 g/mol. The minimum atomic E-state index is -4.82. The molecule has 9 nitrogen and oxygen atoms in total. The van der Waals surface area contributed by atoms with Crippen LogP contribution >= 0.6 is 0 Å². The number of hydrogen-bond donors (Lipinski definition) is 3. The van der Waals surface area contributed by atoms with E-state index in [2.05, 4.69) is 5.18 Å². The molecular formula is C10H8NNaO8S2. The molecule has 0 aliphatic rings. The van der Waals surface area contributed by atoms with E-state index in [0.29, 0.717) is 6.07 Å². The molecule has 2 aromatic rings. The summed E-state index contributed by atoms with van der Waals surface area (Å²) in [5.74, 6) is -0.712. The summed E-state index contributed by atoms with van der Waals surface area (Å²) in [4.78, 5) is 9.32. The summed E-state index contributed by atoms with van der Waals surface area (Å²) in [6.45, 7) is 0. The Bertz CT molecular complexity index is 968. The topological polar surface area (TPSA) is 158 Å². The first kappa shape index (κ1) is 19.0. The van der Waals surface area contributed by atoms with Crippen molar-refractivity contribution in [3.63, 3.8) is 0 Å². The van der Waals surface area contributed by atoms with Crippen LogP contribution in [0, 0.1) is 4.91 Å². The van der Waals surface area contributed by atoms with Gasteiger partial charge in [0.15, 0.2) is 0 Å². The molecule has 0 heterocycles. The zero-order valence-electron chi connectivity index (χ0n) is 9.96. The first-order chi connectivity index (χ1) is 9.55. The van der Waals surface area contributed by atoms with Crippen LogP contribution in [0.2, 0.25) is 0 Å². The van der Waals surface area contributed by atoms with Gasteiger partial charge in [-0.3, -0.25) is 9.11 Å². The first-order valence-electron chi connectivity index (χ1n) is 5.14. The summed E-state index contributed by atoms with van der Waals surface area (Å²) in [6.07, 6.45) is 0. The molecule has 0 aliphatic carbocycles. The molecule has 3 N–H and O–H groups in total. The number of benzene rings is 2. The molecule has 0 saturated carbocycles. The van der Waals surface area contributed by atoms with Crippen LogP contribution in [-0.4, -0.2) is 60.6 Å². The Hall–Kier alpha value is -1.08. The number of fused-ring (bicyclic) bond motifs is 1. The van der Waals surface area contributed by atoms with E-state index in [0.717, 1.165) is 18.2 Å². The van der Waals surface area contributed by atoms with Gasteiger partial charge in [0.05, 0.1) is 4.90 Å². The van der Waals surface area contributed by atoms with Crippen LogP contribution in [-0.2, 0) is 20.2 Å². The SMILES string of the molecule is O=Nc1c(S(=O)(=O)O)cc(O)c2cc(S(=O)(=O)O)ccc12.[NaH]. The average Bonchev–Trinajstić information content (AvgIpc) is 2.36. The molecule has 2 aromatic carbocycles. The average molecular weight is 357 g/mol. The molecule has 0 fully saturated rings. The second-order valence-corrected chi connectivity index (χ2v) is 6.80. The van der Waals surface area contributed by atoms with Crippen molar-refractivity contribution in [2.45, 2.75) is 9.79 Å². The van der Waals surface area contributed by atoms with Gasteiger partial charge < -0.3 is 5.11 Å². The van der Waals surface area contributed by atoms with Crippen molar-refractivity contribution in [2.24, 2.45) is 5.18 Å². The fraction of sp³-hybridized carbons (Fsp3) is 0. The molecule has 2 rings (SSSR count). The van der Waals surface area contributed by atoms with Crippen LogP contribution in [0.15, 0.2) is 39.2 Å². The van der Waals surface area contributed by atoms with Crippen LogP contribution in [0.1, 0.15) is 0 Å². The van der Waals surface area contributed by atoms with Gasteiger partial charge in [0.2, 0.25) is 0 Å². The number of aromatic hydroxyl groups is 1. The van der Waals surface area contributed by atoms with Crippen molar-refractivity contribution < 1.29 is 31.0 Å². The summed E-state index contributed by atoms with van der Waals surface area (Å²) in [5.41, 5.74) is -0.688. The summed E-state index contributed by atoms with van der Waals surface area (Å²) >= 11 is 0. The van der Waals surface area contributed by atoms with E-state index in [9.17, 15) is 26.8 Å². The van der Waals surface area contributed by atoms with Gasteiger partial charge in [-0.25, -0.2) is 0 Å². The van der Waals surface area contributed by atoms with E-state index >= 15 is 0 Å².